The first-order valence-electron chi connectivity index (χ1n) is 5.40. The van der Waals surface area contributed by atoms with E-state index in [0.29, 0.717) is 5.38 Å². The van der Waals surface area contributed by atoms with Crippen LogP contribution in [0.5, 0.6) is 0 Å². The lowest BCUT2D eigenvalue weighted by Crippen LogP contribution is -2.43. The maximum absolute atomic E-state index is 6.05. The van der Waals surface area contributed by atoms with Crippen molar-refractivity contribution in [3.8, 4) is 0 Å². The third-order valence-corrected chi connectivity index (χ3v) is 3.17. The lowest BCUT2D eigenvalue weighted by Gasteiger charge is -2.27. The standard InChI is InChI=1S/C10H21ClN2/c1-2-10(11)4-3-7-13-8-5-12-6-9-13/h10,12H,2-9H2,1H3. The molecule has 0 aromatic carbocycles. The van der Waals surface area contributed by atoms with Crippen LogP contribution in [-0.4, -0.2) is 43.0 Å². The molecule has 0 bridgehead atoms. The summed E-state index contributed by atoms with van der Waals surface area (Å²) in [6, 6.07) is 0. The summed E-state index contributed by atoms with van der Waals surface area (Å²) in [4.78, 5) is 2.52. The van der Waals surface area contributed by atoms with Crippen molar-refractivity contribution in [2.45, 2.75) is 31.6 Å². The Balaban J connectivity index is 1.98. The first-order chi connectivity index (χ1) is 6.33. The quantitative estimate of drug-likeness (QED) is 0.686. The fourth-order valence-electron chi connectivity index (χ4n) is 1.68. The minimum Gasteiger partial charge on any atom is -0.314 e. The molecule has 1 atom stereocenters. The highest BCUT2D eigenvalue weighted by Gasteiger charge is 2.09. The van der Waals surface area contributed by atoms with Gasteiger partial charge in [-0.2, -0.15) is 0 Å². The number of nitrogens with one attached hydrogen (secondary N) is 1. The Hall–Kier alpha value is 0.210. The Morgan fingerprint density at radius 3 is 2.69 bits per heavy atom. The van der Waals surface area contributed by atoms with Gasteiger partial charge in [0.15, 0.2) is 0 Å². The zero-order valence-electron chi connectivity index (χ0n) is 8.56. The van der Waals surface area contributed by atoms with Gasteiger partial charge in [0.05, 0.1) is 0 Å². The molecule has 1 heterocycles. The van der Waals surface area contributed by atoms with Crippen molar-refractivity contribution < 1.29 is 0 Å². The molecule has 1 rings (SSSR count). The first-order valence-corrected chi connectivity index (χ1v) is 5.83. The van der Waals surface area contributed by atoms with E-state index in [9.17, 15) is 0 Å². The molecule has 0 radical (unpaired) electrons. The second-order valence-electron chi connectivity index (χ2n) is 3.74. The van der Waals surface area contributed by atoms with Gasteiger partial charge in [0, 0.05) is 31.6 Å². The molecule has 0 aromatic rings. The zero-order valence-corrected chi connectivity index (χ0v) is 9.32. The van der Waals surface area contributed by atoms with Crippen LogP contribution in [0.2, 0.25) is 0 Å². The summed E-state index contributed by atoms with van der Waals surface area (Å²) in [5.41, 5.74) is 0. The molecule has 78 valence electrons. The molecular formula is C10H21ClN2. The van der Waals surface area contributed by atoms with Gasteiger partial charge in [-0.25, -0.2) is 0 Å². The second kappa shape index (κ2) is 6.63. The van der Waals surface area contributed by atoms with E-state index in [1.54, 1.807) is 0 Å². The molecular weight excluding hydrogens is 184 g/mol. The number of nitrogens with zero attached hydrogens (tertiary/aromatic N) is 1. The molecule has 0 saturated carbocycles. The van der Waals surface area contributed by atoms with Crippen molar-refractivity contribution in [3.63, 3.8) is 0 Å². The Kier molecular flexibility index (Phi) is 5.76. The van der Waals surface area contributed by atoms with Crippen molar-refractivity contribution in [2.24, 2.45) is 0 Å². The van der Waals surface area contributed by atoms with Crippen LogP contribution < -0.4 is 5.32 Å². The molecule has 0 aliphatic carbocycles. The number of halogens is 1. The summed E-state index contributed by atoms with van der Waals surface area (Å²) in [6.45, 7) is 8.10. The van der Waals surface area contributed by atoms with Gasteiger partial charge in [0.1, 0.15) is 0 Å². The lowest BCUT2D eigenvalue weighted by atomic mass is 10.2. The fraction of sp³-hybridized carbons (Fsp3) is 1.00. The van der Waals surface area contributed by atoms with Gasteiger partial charge in [0.2, 0.25) is 0 Å². The highest BCUT2D eigenvalue weighted by atomic mass is 35.5. The van der Waals surface area contributed by atoms with E-state index < -0.39 is 0 Å². The Morgan fingerprint density at radius 2 is 2.08 bits per heavy atom. The summed E-state index contributed by atoms with van der Waals surface area (Å²) in [5.74, 6) is 0. The smallest absolute Gasteiger partial charge is 0.0333 e. The van der Waals surface area contributed by atoms with Crippen molar-refractivity contribution in [1.29, 1.82) is 0 Å². The molecule has 1 fully saturated rings. The highest BCUT2D eigenvalue weighted by molar-refractivity contribution is 6.20. The van der Waals surface area contributed by atoms with Crippen LogP contribution in [0.1, 0.15) is 26.2 Å². The van der Waals surface area contributed by atoms with Crippen molar-refractivity contribution in [1.82, 2.24) is 10.2 Å². The van der Waals surface area contributed by atoms with Crippen LogP contribution in [-0.2, 0) is 0 Å². The Bertz CT molecular complexity index is 124. The molecule has 3 heteroatoms. The van der Waals surface area contributed by atoms with Crippen LogP contribution >= 0.6 is 11.6 Å². The number of rotatable bonds is 5. The monoisotopic (exact) mass is 204 g/mol. The van der Waals surface area contributed by atoms with E-state index >= 15 is 0 Å². The van der Waals surface area contributed by atoms with E-state index in [1.807, 2.05) is 0 Å². The largest absolute Gasteiger partial charge is 0.314 e. The van der Waals surface area contributed by atoms with Crippen LogP contribution in [0, 0.1) is 0 Å². The average Bonchev–Trinajstić information content (AvgIpc) is 2.19. The third kappa shape index (κ3) is 4.84. The molecule has 1 aliphatic heterocycles. The van der Waals surface area contributed by atoms with Gasteiger partial charge in [-0.3, -0.25) is 0 Å². The van der Waals surface area contributed by atoms with Crippen LogP contribution in [0.25, 0.3) is 0 Å². The third-order valence-electron chi connectivity index (χ3n) is 2.64. The Labute approximate surface area is 86.6 Å². The van der Waals surface area contributed by atoms with E-state index in [1.165, 1.54) is 32.5 Å². The summed E-state index contributed by atoms with van der Waals surface area (Å²) >= 11 is 6.05. The molecule has 13 heavy (non-hydrogen) atoms. The number of hydrogen-bond donors (Lipinski definition) is 1. The van der Waals surface area contributed by atoms with Crippen molar-refractivity contribution in [2.75, 3.05) is 32.7 Å². The number of hydrogen-bond acceptors (Lipinski definition) is 2. The fourth-order valence-corrected chi connectivity index (χ4v) is 1.83. The molecule has 0 spiro atoms. The molecule has 1 unspecified atom stereocenters. The normalized spacial score (nSPS) is 21.7. The first kappa shape index (κ1) is 11.3. The van der Waals surface area contributed by atoms with Gasteiger partial charge in [0.25, 0.3) is 0 Å². The second-order valence-corrected chi connectivity index (χ2v) is 4.36. The van der Waals surface area contributed by atoms with Gasteiger partial charge in [-0.05, 0) is 25.8 Å². The summed E-state index contributed by atoms with van der Waals surface area (Å²) < 4.78 is 0. The molecule has 0 amide bonds. The van der Waals surface area contributed by atoms with E-state index in [2.05, 4.69) is 17.1 Å². The van der Waals surface area contributed by atoms with Gasteiger partial charge in [-0.1, -0.05) is 6.92 Å². The lowest BCUT2D eigenvalue weighted by molar-refractivity contribution is 0.236. The minimum atomic E-state index is 0.392. The van der Waals surface area contributed by atoms with Crippen molar-refractivity contribution in [3.05, 3.63) is 0 Å². The molecule has 2 nitrogen and oxygen atoms in total. The van der Waals surface area contributed by atoms with Gasteiger partial charge >= 0.3 is 0 Å². The zero-order chi connectivity index (χ0) is 9.52. The maximum atomic E-state index is 6.05. The minimum absolute atomic E-state index is 0.392. The molecule has 0 aromatic heterocycles. The number of alkyl halides is 1. The molecule has 1 N–H and O–H groups in total. The highest BCUT2D eigenvalue weighted by Crippen LogP contribution is 2.09. The van der Waals surface area contributed by atoms with Gasteiger partial charge < -0.3 is 10.2 Å². The van der Waals surface area contributed by atoms with E-state index in [0.717, 1.165) is 19.5 Å². The SMILES string of the molecule is CCC(Cl)CCCN1CCNCC1. The van der Waals surface area contributed by atoms with Crippen LogP contribution in [0.3, 0.4) is 0 Å². The Morgan fingerprint density at radius 1 is 1.38 bits per heavy atom. The summed E-state index contributed by atoms with van der Waals surface area (Å²) in [6.07, 6.45) is 3.52. The van der Waals surface area contributed by atoms with E-state index in [4.69, 9.17) is 11.6 Å². The van der Waals surface area contributed by atoms with Crippen LogP contribution in [0.15, 0.2) is 0 Å². The summed E-state index contributed by atoms with van der Waals surface area (Å²) in [7, 11) is 0. The predicted molar refractivity (Wildman–Crippen MR) is 58.5 cm³/mol. The molecule has 1 aliphatic rings. The number of piperazine rings is 1. The van der Waals surface area contributed by atoms with Gasteiger partial charge in [-0.15, -0.1) is 11.6 Å². The average molecular weight is 205 g/mol. The topological polar surface area (TPSA) is 15.3 Å². The maximum Gasteiger partial charge on any atom is 0.0333 e. The predicted octanol–water partition coefficient (Wildman–Crippen LogP) is 1.69. The van der Waals surface area contributed by atoms with Crippen LogP contribution in [0.4, 0.5) is 0 Å². The van der Waals surface area contributed by atoms with E-state index in [-0.39, 0.29) is 0 Å². The molecule has 1 saturated heterocycles. The summed E-state index contributed by atoms with van der Waals surface area (Å²) in [5, 5.41) is 3.75. The van der Waals surface area contributed by atoms with Crippen molar-refractivity contribution >= 4 is 11.6 Å².